The maximum Gasteiger partial charge on any atom is 0.261 e. The van der Waals surface area contributed by atoms with Gasteiger partial charge in [0.15, 0.2) is 6.61 Å². The molecule has 1 N–H and O–H groups in total. The van der Waals surface area contributed by atoms with E-state index in [4.69, 9.17) is 4.74 Å². The number of carbonyl (C=O) groups is 2. The topological polar surface area (TPSA) is 58.6 Å². The molecule has 6 heteroatoms. The standard InChI is InChI=1S/C30H35BrN2O3/c1-4-22(3)32-30(35)27(19-24-12-8-6-9-13-24)33(20-25-14-10-7-11-15-25)29(34)21-36-28-17-16-23(5-2)18-26(28)31/h6-18,22,27H,4-5,19-21H2,1-3H3,(H,32,35). The Labute approximate surface area is 223 Å². The highest BCUT2D eigenvalue weighted by Gasteiger charge is 2.31. The summed E-state index contributed by atoms with van der Waals surface area (Å²) in [7, 11) is 0. The van der Waals surface area contributed by atoms with Crippen LogP contribution in [0.4, 0.5) is 0 Å². The van der Waals surface area contributed by atoms with Crippen LogP contribution in [0.25, 0.3) is 0 Å². The van der Waals surface area contributed by atoms with Crippen molar-refractivity contribution in [1.29, 1.82) is 0 Å². The third-order valence-corrected chi connectivity index (χ3v) is 6.84. The molecule has 0 radical (unpaired) electrons. The Kier molecular flexibility index (Phi) is 10.6. The maximum atomic E-state index is 13.7. The van der Waals surface area contributed by atoms with Crippen molar-refractivity contribution in [2.75, 3.05) is 6.61 Å². The van der Waals surface area contributed by atoms with Crippen molar-refractivity contribution in [2.45, 2.75) is 58.7 Å². The molecule has 0 aliphatic carbocycles. The van der Waals surface area contributed by atoms with Gasteiger partial charge in [-0.15, -0.1) is 0 Å². The molecule has 2 amide bonds. The predicted molar refractivity (Wildman–Crippen MR) is 148 cm³/mol. The largest absolute Gasteiger partial charge is 0.483 e. The van der Waals surface area contributed by atoms with Gasteiger partial charge in [0.25, 0.3) is 5.91 Å². The lowest BCUT2D eigenvalue weighted by atomic mass is 10.0. The van der Waals surface area contributed by atoms with Crippen molar-refractivity contribution in [3.8, 4) is 5.75 Å². The van der Waals surface area contributed by atoms with Gasteiger partial charge in [-0.25, -0.2) is 0 Å². The van der Waals surface area contributed by atoms with Crippen LogP contribution in [0.3, 0.4) is 0 Å². The first-order chi connectivity index (χ1) is 17.4. The average molecular weight is 552 g/mol. The summed E-state index contributed by atoms with van der Waals surface area (Å²) in [5, 5.41) is 3.09. The average Bonchev–Trinajstić information content (AvgIpc) is 2.90. The Morgan fingerprint density at radius 3 is 2.14 bits per heavy atom. The van der Waals surface area contributed by atoms with Crippen LogP contribution < -0.4 is 10.1 Å². The van der Waals surface area contributed by atoms with E-state index in [1.54, 1.807) is 4.90 Å². The third kappa shape index (κ3) is 7.95. The molecule has 190 valence electrons. The van der Waals surface area contributed by atoms with Crippen molar-refractivity contribution >= 4 is 27.7 Å². The highest BCUT2D eigenvalue weighted by Crippen LogP contribution is 2.26. The molecule has 3 aromatic carbocycles. The third-order valence-electron chi connectivity index (χ3n) is 6.22. The number of hydrogen-bond acceptors (Lipinski definition) is 3. The lowest BCUT2D eigenvalue weighted by Crippen LogP contribution is -2.53. The summed E-state index contributed by atoms with van der Waals surface area (Å²) in [6.45, 7) is 6.23. The van der Waals surface area contributed by atoms with E-state index in [1.165, 1.54) is 5.56 Å². The second-order valence-corrected chi connectivity index (χ2v) is 9.79. The Morgan fingerprint density at radius 2 is 1.56 bits per heavy atom. The molecule has 2 atom stereocenters. The quantitative estimate of drug-likeness (QED) is 0.303. The zero-order chi connectivity index (χ0) is 25.9. The summed E-state index contributed by atoms with van der Waals surface area (Å²) in [6.07, 6.45) is 2.13. The van der Waals surface area contributed by atoms with Gasteiger partial charge in [-0.3, -0.25) is 9.59 Å². The smallest absolute Gasteiger partial charge is 0.261 e. The van der Waals surface area contributed by atoms with E-state index in [0.29, 0.717) is 18.7 Å². The zero-order valence-electron chi connectivity index (χ0n) is 21.2. The van der Waals surface area contributed by atoms with Gasteiger partial charge in [0, 0.05) is 19.0 Å². The fraction of sp³-hybridized carbons (Fsp3) is 0.333. The van der Waals surface area contributed by atoms with E-state index in [-0.39, 0.29) is 24.5 Å². The van der Waals surface area contributed by atoms with Crippen molar-refractivity contribution < 1.29 is 14.3 Å². The van der Waals surface area contributed by atoms with Gasteiger partial charge in [-0.2, -0.15) is 0 Å². The first-order valence-electron chi connectivity index (χ1n) is 12.5. The fourth-order valence-electron chi connectivity index (χ4n) is 3.88. The normalized spacial score (nSPS) is 12.4. The number of benzene rings is 3. The van der Waals surface area contributed by atoms with E-state index < -0.39 is 6.04 Å². The van der Waals surface area contributed by atoms with Crippen LogP contribution in [-0.4, -0.2) is 35.4 Å². The van der Waals surface area contributed by atoms with Crippen molar-refractivity contribution in [2.24, 2.45) is 0 Å². The Bertz CT molecular complexity index is 1120. The molecular formula is C30H35BrN2O3. The van der Waals surface area contributed by atoms with E-state index in [9.17, 15) is 9.59 Å². The number of halogens is 1. The molecule has 0 bridgehead atoms. The number of hydrogen-bond donors (Lipinski definition) is 1. The van der Waals surface area contributed by atoms with Gasteiger partial charge in [0.2, 0.25) is 5.91 Å². The summed E-state index contributed by atoms with van der Waals surface area (Å²) in [5.74, 6) is 0.195. The van der Waals surface area contributed by atoms with E-state index in [0.717, 1.165) is 28.4 Å². The van der Waals surface area contributed by atoms with E-state index >= 15 is 0 Å². The van der Waals surface area contributed by atoms with Crippen LogP contribution in [0.15, 0.2) is 83.3 Å². The van der Waals surface area contributed by atoms with Gasteiger partial charge in [-0.05, 0) is 64.5 Å². The molecule has 3 rings (SSSR count). The first kappa shape index (κ1) is 27.5. The highest BCUT2D eigenvalue weighted by molar-refractivity contribution is 9.10. The molecule has 0 aliphatic heterocycles. The van der Waals surface area contributed by atoms with Crippen LogP contribution in [0.5, 0.6) is 5.75 Å². The lowest BCUT2D eigenvalue weighted by Gasteiger charge is -2.32. The number of rotatable bonds is 12. The Balaban J connectivity index is 1.89. The van der Waals surface area contributed by atoms with Crippen LogP contribution >= 0.6 is 15.9 Å². The van der Waals surface area contributed by atoms with Crippen molar-refractivity contribution in [3.63, 3.8) is 0 Å². The summed E-state index contributed by atoms with van der Waals surface area (Å²) in [4.78, 5) is 28.8. The first-order valence-corrected chi connectivity index (χ1v) is 13.3. The number of amides is 2. The minimum atomic E-state index is -0.677. The summed E-state index contributed by atoms with van der Waals surface area (Å²) >= 11 is 3.55. The number of ether oxygens (including phenoxy) is 1. The Morgan fingerprint density at radius 1 is 0.917 bits per heavy atom. The zero-order valence-corrected chi connectivity index (χ0v) is 22.8. The van der Waals surface area contributed by atoms with Crippen LogP contribution in [0.2, 0.25) is 0 Å². The summed E-state index contributed by atoms with van der Waals surface area (Å²) in [6, 6.07) is 24.7. The summed E-state index contributed by atoms with van der Waals surface area (Å²) in [5.41, 5.74) is 3.12. The minimum Gasteiger partial charge on any atom is -0.483 e. The van der Waals surface area contributed by atoms with Crippen molar-refractivity contribution in [3.05, 3.63) is 100 Å². The lowest BCUT2D eigenvalue weighted by molar-refractivity contribution is -0.143. The van der Waals surface area contributed by atoms with Gasteiger partial charge in [0.05, 0.1) is 4.47 Å². The number of nitrogens with zero attached hydrogens (tertiary/aromatic N) is 1. The monoisotopic (exact) mass is 550 g/mol. The van der Waals surface area contributed by atoms with E-state index in [2.05, 4.69) is 28.2 Å². The number of aryl methyl sites for hydroxylation is 1. The molecule has 0 fully saturated rings. The second-order valence-electron chi connectivity index (χ2n) is 8.94. The molecular weight excluding hydrogens is 516 g/mol. The molecule has 0 aromatic heterocycles. The Hall–Kier alpha value is -3.12. The molecule has 0 saturated heterocycles. The van der Waals surface area contributed by atoms with Gasteiger partial charge in [-0.1, -0.05) is 80.6 Å². The molecule has 0 aliphatic rings. The second kappa shape index (κ2) is 13.8. The van der Waals surface area contributed by atoms with Crippen LogP contribution in [-0.2, 0) is 29.0 Å². The number of nitrogens with one attached hydrogen (secondary N) is 1. The maximum absolute atomic E-state index is 13.7. The predicted octanol–water partition coefficient (Wildman–Crippen LogP) is 5.95. The van der Waals surface area contributed by atoms with E-state index in [1.807, 2.05) is 92.7 Å². The SMILES string of the molecule is CCc1ccc(OCC(=O)N(Cc2ccccc2)C(Cc2ccccc2)C(=O)NC(C)CC)c(Br)c1. The number of carbonyl (C=O) groups excluding carboxylic acids is 2. The van der Waals surface area contributed by atoms with Crippen LogP contribution in [0.1, 0.15) is 43.9 Å². The fourth-order valence-corrected chi connectivity index (χ4v) is 4.42. The molecule has 0 spiro atoms. The summed E-state index contributed by atoms with van der Waals surface area (Å²) < 4.78 is 6.73. The molecule has 0 heterocycles. The molecule has 0 saturated carbocycles. The molecule has 3 aromatic rings. The minimum absolute atomic E-state index is 0.00809. The molecule has 36 heavy (non-hydrogen) atoms. The van der Waals surface area contributed by atoms with Gasteiger partial charge < -0.3 is 15.0 Å². The van der Waals surface area contributed by atoms with Crippen LogP contribution in [0, 0.1) is 0 Å². The van der Waals surface area contributed by atoms with Gasteiger partial charge >= 0.3 is 0 Å². The molecule has 2 unspecified atom stereocenters. The highest BCUT2D eigenvalue weighted by atomic mass is 79.9. The molecule has 5 nitrogen and oxygen atoms in total. The van der Waals surface area contributed by atoms with Gasteiger partial charge in [0.1, 0.15) is 11.8 Å². The van der Waals surface area contributed by atoms with Crippen molar-refractivity contribution in [1.82, 2.24) is 10.2 Å².